The lowest BCUT2D eigenvalue weighted by atomic mass is 9.99. The quantitative estimate of drug-likeness (QED) is 0.394. The van der Waals surface area contributed by atoms with Gasteiger partial charge in [0.2, 0.25) is 5.95 Å². The Kier molecular flexibility index (Phi) is 9.17. The molecule has 1 aromatic heterocycles. The van der Waals surface area contributed by atoms with Gasteiger partial charge in [0.15, 0.2) is 11.6 Å². The number of aromatic nitrogens is 3. The molecule has 2 saturated heterocycles. The first kappa shape index (κ1) is 28.6. The van der Waals surface area contributed by atoms with Crippen molar-refractivity contribution in [1.29, 1.82) is 0 Å². The number of likely N-dealkylation sites (N-methyl/N-ethyl adjacent to an activating group) is 1. The highest BCUT2D eigenvalue weighted by atomic mass is 16.5. The Hall–Kier alpha value is -3.93. The molecule has 0 bridgehead atoms. The van der Waals surface area contributed by atoms with Gasteiger partial charge in [0.1, 0.15) is 5.82 Å². The molecule has 3 heterocycles. The van der Waals surface area contributed by atoms with Crippen LogP contribution in [0.3, 0.4) is 0 Å². The summed E-state index contributed by atoms with van der Waals surface area (Å²) in [5.74, 6) is 2.32. The molecule has 1 atom stereocenters. The van der Waals surface area contributed by atoms with Crippen molar-refractivity contribution in [3.05, 3.63) is 59.9 Å². The molecule has 5 rings (SSSR count). The van der Waals surface area contributed by atoms with Crippen LogP contribution >= 0.6 is 0 Å². The van der Waals surface area contributed by atoms with Crippen molar-refractivity contribution in [3.63, 3.8) is 0 Å². The van der Waals surface area contributed by atoms with Crippen molar-refractivity contribution in [2.45, 2.75) is 31.7 Å². The predicted molar refractivity (Wildman–Crippen MR) is 158 cm³/mol. The molecule has 0 aliphatic carbocycles. The van der Waals surface area contributed by atoms with Crippen LogP contribution in [0.4, 0.5) is 22.1 Å². The highest BCUT2D eigenvalue weighted by Gasteiger charge is 2.26. The normalized spacial score (nSPS) is 17.9. The Balaban J connectivity index is 1.28. The average Bonchev–Trinajstić information content (AvgIpc) is 2.98. The summed E-state index contributed by atoms with van der Waals surface area (Å²) in [5, 5.41) is 5.66. The number of amides is 2. The minimum absolute atomic E-state index is 0.0238. The van der Waals surface area contributed by atoms with E-state index < -0.39 is 0 Å². The SMILES string of the molecule is CC1COCCN1c1nc(-c2ccc(NC(=O)Nc3ccc(C(=O)CN(C)C)cc3)cc2)nc(C2CCOCC2)n1. The van der Waals surface area contributed by atoms with E-state index >= 15 is 0 Å². The van der Waals surface area contributed by atoms with E-state index in [1.807, 2.05) is 43.3 Å². The highest BCUT2D eigenvalue weighted by Crippen LogP contribution is 2.29. The zero-order chi connectivity index (χ0) is 28.8. The maximum absolute atomic E-state index is 12.6. The zero-order valence-electron chi connectivity index (χ0n) is 23.8. The van der Waals surface area contributed by atoms with E-state index in [-0.39, 0.29) is 23.8 Å². The third-order valence-electron chi connectivity index (χ3n) is 7.18. The molecular weight excluding hydrogens is 522 g/mol. The van der Waals surface area contributed by atoms with E-state index in [9.17, 15) is 9.59 Å². The molecule has 216 valence electrons. The van der Waals surface area contributed by atoms with Crippen LogP contribution in [0.25, 0.3) is 11.4 Å². The second-order valence-corrected chi connectivity index (χ2v) is 10.7. The van der Waals surface area contributed by atoms with Crippen LogP contribution in [-0.4, -0.2) is 91.3 Å². The number of hydrogen-bond donors (Lipinski definition) is 2. The third-order valence-corrected chi connectivity index (χ3v) is 7.18. The number of rotatable bonds is 8. The number of nitrogens with one attached hydrogen (secondary N) is 2. The number of hydrogen-bond acceptors (Lipinski definition) is 9. The zero-order valence-corrected chi connectivity index (χ0v) is 23.8. The van der Waals surface area contributed by atoms with Crippen molar-refractivity contribution in [3.8, 4) is 11.4 Å². The number of anilines is 3. The summed E-state index contributed by atoms with van der Waals surface area (Å²) < 4.78 is 11.2. The summed E-state index contributed by atoms with van der Waals surface area (Å²) in [6, 6.07) is 14.1. The minimum Gasteiger partial charge on any atom is -0.381 e. The summed E-state index contributed by atoms with van der Waals surface area (Å²) >= 11 is 0. The van der Waals surface area contributed by atoms with Gasteiger partial charge in [-0.1, -0.05) is 0 Å². The lowest BCUT2D eigenvalue weighted by molar-refractivity contribution is 0.0834. The van der Waals surface area contributed by atoms with Crippen molar-refractivity contribution in [2.24, 2.45) is 0 Å². The maximum Gasteiger partial charge on any atom is 0.323 e. The molecule has 11 nitrogen and oxygen atoms in total. The first-order valence-electron chi connectivity index (χ1n) is 14.0. The molecule has 1 unspecified atom stereocenters. The Morgan fingerprint density at radius 2 is 1.56 bits per heavy atom. The number of urea groups is 1. The Morgan fingerprint density at radius 3 is 2.20 bits per heavy atom. The maximum atomic E-state index is 12.6. The smallest absolute Gasteiger partial charge is 0.323 e. The van der Waals surface area contributed by atoms with Crippen LogP contribution in [0.15, 0.2) is 48.5 Å². The molecule has 41 heavy (non-hydrogen) atoms. The Bertz CT molecular complexity index is 1340. The van der Waals surface area contributed by atoms with Gasteiger partial charge in [0, 0.05) is 48.2 Å². The van der Waals surface area contributed by atoms with E-state index in [1.54, 1.807) is 24.3 Å². The van der Waals surface area contributed by atoms with Gasteiger partial charge in [0.05, 0.1) is 25.8 Å². The van der Waals surface area contributed by atoms with Gasteiger partial charge in [-0.05, 0) is 82.4 Å². The van der Waals surface area contributed by atoms with Gasteiger partial charge in [0.25, 0.3) is 0 Å². The van der Waals surface area contributed by atoms with Crippen LogP contribution in [0.2, 0.25) is 0 Å². The second kappa shape index (κ2) is 13.2. The first-order chi connectivity index (χ1) is 19.9. The van der Waals surface area contributed by atoms with Gasteiger partial charge in [-0.15, -0.1) is 0 Å². The highest BCUT2D eigenvalue weighted by molar-refractivity contribution is 6.01. The fourth-order valence-electron chi connectivity index (χ4n) is 4.91. The molecule has 2 N–H and O–H groups in total. The van der Waals surface area contributed by atoms with Crippen LogP contribution < -0.4 is 15.5 Å². The lowest BCUT2D eigenvalue weighted by Crippen LogP contribution is -2.44. The fourth-order valence-corrected chi connectivity index (χ4v) is 4.91. The summed E-state index contributed by atoms with van der Waals surface area (Å²) in [6.45, 7) is 5.85. The van der Waals surface area contributed by atoms with Crippen molar-refractivity contribution in [2.75, 3.05) is 69.1 Å². The van der Waals surface area contributed by atoms with Crippen LogP contribution in [0, 0.1) is 0 Å². The molecule has 11 heteroatoms. The largest absolute Gasteiger partial charge is 0.381 e. The molecule has 2 amide bonds. The number of carbonyl (C=O) groups excluding carboxylic acids is 2. The molecule has 0 radical (unpaired) electrons. The van der Waals surface area contributed by atoms with Crippen LogP contribution in [0.1, 0.15) is 41.9 Å². The van der Waals surface area contributed by atoms with Gasteiger partial charge in [-0.3, -0.25) is 4.79 Å². The van der Waals surface area contributed by atoms with E-state index in [1.165, 1.54) is 0 Å². The average molecular weight is 560 g/mol. The second-order valence-electron chi connectivity index (χ2n) is 10.7. The molecule has 2 fully saturated rings. The summed E-state index contributed by atoms with van der Waals surface area (Å²) in [4.78, 5) is 43.4. The van der Waals surface area contributed by atoms with Gasteiger partial charge >= 0.3 is 6.03 Å². The van der Waals surface area contributed by atoms with Crippen molar-refractivity contribution in [1.82, 2.24) is 19.9 Å². The van der Waals surface area contributed by atoms with Crippen LogP contribution in [-0.2, 0) is 9.47 Å². The fraction of sp³-hybridized carbons (Fsp3) is 0.433. The lowest BCUT2D eigenvalue weighted by Gasteiger charge is -2.34. The molecule has 0 spiro atoms. The van der Waals surface area contributed by atoms with Gasteiger partial charge < -0.3 is 29.9 Å². The van der Waals surface area contributed by atoms with E-state index in [0.717, 1.165) is 30.8 Å². The standard InChI is InChI=1S/C30H37N7O4/c1-20-19-41-17-14-37(20)29-34-27(33-28(35-29)23-12-15-40-16-13-23)22-6-10-25(11-7-22)32-30(39)31-24-8-4-21(5-9-24)26(38)18-36(2)3/h4-11,20,23H,12-19H2,1-3H3,(H2,31,32,39). The molecule has 0 saturated carbocycles. The minimum atomic E-state index is -0.379. The number of ether oxygens (including phenoxy) is 2. The first-order valence-corrected chi connectivity index (χ1v) is 14.0. The van der Waals surface area contributed by atoms with Crippen molar-refractivity contribution < 1.29 is 19.1 Å². The van der Waals surface area contributed by atoms with E-state index in [2.05, 4.69) is 22.5 Å². The summed E-state index contributed by atoms with van der Waals surface area (Å²) in [7, 11) is 3.70. The number of ketones is 1. The molecule has 2 aliphatic heterocycles. The van der Waals surface area contributed by atoms with Crippen LogP contribution in [0.5, 0.6) is 0 Å². The number of nitrogens with zero attached hydrogens (tertiary/aromatic N) is 5. The Morgan fingerprint density at radius 1 is 0.902 bits per heavy atom. The molecule has 2 aromatic carbocycles. The Labute approximate surface area is 240 Å². The summed E-state index contributed by atoms with van der Waals surface area (Å²) in [5.41, 5.74) is 2.66. The molecule has 3 aromatic rings. The monoisotopic (exact) mass is 559 g/mol. The van der Waals surface area contributed by atoms with E-state index in [4.69, 9.17) is 24.4 Å². The van der Waals surface area contributed by atoms with Crippen molar-refractivity contribution >= 4 is 29.1 Å². The number of benzene rings is 2. The number of morpholine rings is 1. The summed E-state index contributed by atoms with van der Waals surface area (Å²) in [6.07, 6.45) is 1.77. The van der Waals surface area contributed by atoms with E-state index in [0.29, 0.717) is 61.7 Å². The van der Waals surface area contributed by atoms with Gasteiger partial charge in [-0.25, -0.2) is 9.78 Å². The molecule has 2 aliphatic rings. The topological polar surface area (TPSA) is 122 Å². The molecular formula is C30H37N7O4. The predicted octanol–water partition coefficient (Wildman–Crippen LogP) is 4.05. The number of Topliss-reactive ketones (excluding diaryl/α,β-unsaturated/α-hetero) is 1. The third kappa shape index (κ3) is 7.43. The van der Waals surface area contributed by atoms with Gasteiger partial charge in [-0.2, -0.15) is 9.97 Å². The number of carbonyl (C=O) groups is 2.